The summed E-state index contributed by atoms with van der Waals surface area (Å²) in [5, 5.41) is 25.6. The molecule has 0 unspecified atom stereocenters. The van der Waals surface area contributed by atoms with Gasteiger partial charge in [-0.3, -0.25) is 0 Å². The number of hydrogen-bond donors (Lipinski definition) is 2. The minimum Gasteiger partial charge on any atom is -0.508 e. The van der Waals surface area contributed by atoms with E-state index in [1.54, 1.807) is 24.3 Å². The maximum atomic E-state index is 13.6. The molecule has 1 heterocycles. The van der Waals surface area contributed by atoms with Crippen molar-refractivity contribution in [3.05, 3.63) is 70.8 Å². The summed E-state index contributed by atoms with van der Waals surface area (Å²) in [5.74, 6) is -0.568. The molecule has 0 aliphatic carbocycles. The van der Waals surface area contributed by atoms with Gasteiger partial charge in [0.25, 0.3) is 0 Å². The van der Waals surface area contributed by atoms with Crippen LogP contribution in [-0.4, -0.2) is 10.3 Å². The van der Waals surface area contributed by atoms with Crippen molar-refractivity contribution in [3.63, 3.8) is 0 Å². The summed E-state index contributed by atoms with van der Waals surface area (Å²) in [5.41, 5.74) is 1.31. The molecule has 0 saturated carbocycles. The average Bonchev–Trinajstić information content (AvgIpc) is 3.00. The Bertz CT molecular complexity index is 992. The molecule has 25 heavy (non-hydrogen) atoms. The van der Waals surface area contributed by atoms with Gasteiger partial charge in [0.2, 0.25) is 0 Å². The maximum absolute atomic E-state index is 13.6. The van der Waals surface area contributed by atoms with Crippen molar-refractivity contribution < 1.29 is 14.0 Å². The highest BCUT2D eigenvalue weighted by atomic mass is 35.5. The summed E-state index contributed by atoms with van der Waals surface area (Å²) in [7, 11) is 0. The number of phenolic OH excluding ortho intramolecular Hbond substituents is 1. The maximum Gasteiger partial charge on any atom is 0.179 e. The monoisotopic (exact) mass is 355 g/mol. The molecule has 5 nitrogen and oxygen atoms in total. The fraction of sp³-hybridized carbons (Fsp3) is 0. The first-order chi connectivity index (χ1) is 12.1. The molecule has 3 rings (SSSR count). The van der Waals surface area contributed by atoms with Gasteiger partial charge < -0.3 is 14.9 Å². The summed E-state index contributed by atoms with van der Waals surface area (Å²) in [6, 6.07) is 12.7. The van der Waals surface area contributed by atoms with E-state index in [9.17, 15) is 14.8 Å². The second kappa shape index (κ2) is 7.07. The predicted octanol–water partition coefficient (Wildman–Crippen LogP) is 4.79. The number of nitrogens with zero attached hydrogens (tertiary/aromatic N) is 2. The SMILES string of the molecule is N#Cc1c(-c2ccccc2Cl)noc1C=CNc1ccc(O)cc1F. The minimum absolute atomic E-state index is 0.165. The number of nitriles is 1. The first-order valence-electron chi connectivity index (χ1n) is 7.16. The molecule has 0 spiro atoms. The van der Waals surface area contributed by atoms with E-state index in [-0.39, 0.29) is 22.8 Å². The van der Waals surface area contributed by atoms with Gasteiger partial charge >= 0.3 is 0 Å². The third-order valence-corrected chi connectivity index (χ3v) is 3.72. The normalized spacial score (nSPS) is 10.8. The Morgan fingerprint density at radius 2 is 2.08 bits per heavy atom. The van der Waals surface area contributed by atoms with Crippen molar-refractivity contribution >= 4 is 23.4 Å². The van der Waals surface area contributed by atoms with Gasteiger partial charge in [-0.2, -0.15) is 5.26 Å². The van der Waals surface area contributed by atoms with Gasteiger partial charge in [-0.15, -0.1) is 0 Å². The number of hydrogen-bond acceptors (Lipinski definition) is 5. The van der Waals surface area contributed by atoms with E-state index in [0.717, 1.165) is 6.07 Å². The molecule has 0 aliphatic heterocycles. The van der Waals surface area contributed by atoms with Crippen LogP contribution in [0, 0.1) is 17.1 Å². The molecule has 2 aromatic carbocycles. The molecule has 0 radical (unpaired) electrons. The second-order valence-corrected chi connectivity index (χ2v) is 5.41. The van der Waals surface area contributed by atoms with Gasteiger partial charge in [0.15, 0.2) is 5.76 Å². The standard InChI is InChI=1S/C18H11ClFN3O2/c19-14-4-2-1-3-12(14)18-13(10-21)17(25-23-18)7-8-22-16-6-5-11(24)9-15(16)20/h1-9,22,24H. The zero-order valence-corrected chi connectivity index (χ0v) is 13.5. The van der Waals surface area contributed by atoms with Crippen LogP contribution in [0.3, 0.4) is 0 Å². The zero-order chi connectivity index (χ0) is 17.8. The largest absolute Gasteiger partial charge is 0.508 e. The number of halogens is 2. The predicted molar refractivity (Wildman–Crippen MR) is 92.4 cm³/mol. The van der Waals surface area contributed by atoms with Crippen molar-refractivity contribution in [3.8, 4) is 23.1 Å². The zero-order valence-electron chi connectivity index (χ0n) is 12.7. The third-order valence-electron chi connectivity index (χ3n) is 3.39. The number of nitrogens with one attached hydrogen (secondary N) is 1. The van der Waals surface area contributed by atoms with Gasteiger partial charge in [-0.1, -0.05) is 35.0 Å². The first kappa shape index (κ1) is 16.6. The van der Waals surface area contributed by atoms with Gasteiger partial charge in [0.05, 0.1) is 10.7 Å². The molecule has 124 valence electrons. The lowest BCUT2D eigenvalue weighted by atomic mass is 10.1. The second-order valence-electron chi connectivity index (χ2n) is 5.00. The molecule has 0 atom stereocenters. The van der Waals surface area contributed by atoms with E-state index in [1.165, 1.54) is 24.4 Å². The Morgan fingerprint density at radius 3 is 2.80 bits per heavy atom. The number of rotatable bonds is 4. The first-order valence-corrected chi connectivity index (χ1v) is 7.54. The topological polar surface area (TPSA) is 82.1 Å². The quantitative estimate of drug-likeness (QED) is 0.657. The number of anilines is 1. The van der Waals surface area contributed by atoms with E-state index < -0.39 is 5.82 Å². The van der Waals surface area contributed by atoms with Crippen molar-refractivity contribution in [2.45, 2.75) is 0 Å². The van der Waals surface area contributed by atoms with Crippen molar-refractivity contribution in [1.82, 2.24) is 5.16 Å². The van der Waals surface area contributed by atoms with Crippen molar-refractivity contribution in [1.29, 1.82) is 5.26 Å². The van der Waals surface area contributed by atoms with Crippen LogP contribution in [0.25, 0.3) is 17.3 Å². The Morgan fingerprint density at radius 1 is 1.28 bits per heavy atom. The molecule has 0 amide bonds. The summed E-state index contributed by atoms with van der Waals surface area (Å²) in [6.07, 6.45) is 2.87. The van der Waals surface area contributed by atoms with Crippen LogP contribution in [0.15, 0.2) is 53.2 Å². The Kier molecular flexibility index (Phi) is 4.68. The minimum atomic E-state index is -0.612. The summed E-state index contributed by atoms with van der Waals surface area (Å²) in [6.45, 7) is 0. The Balaban J connectivity index is 1.87. The van der Waals surface area contributed by atoms with Crippen LogP contribution in [0.2, 0.25) is 5.02 Å². The molecule has 0 aliphatic rings. The van der Waals surface area contributed by atoms with Crippen LogP contribution < -0.4 is 5.32 Å². The molecular formula is C18H11ClFN3O2. The van der Waals surface area contributed by atoms with Gasteiger partial charge in [0, 0.05) is 23.9 Å². The van der Waals surface area contributed by atoms with Crippen LogP contribution >= 0.6 is 11.6 Å². The third kappa shape index (κ3) is 3.47. The van der Waals surface area contributed by atoms with E-state index in [4.69, 9.17) is 16.1 Å². The van der Waals surface area contributed by atoms with Gasteiger partial charge in [-0.25, -0.2) is 4.39 Å². The smallest absolute Gasteiger partial charge is 0.179 e. The summed E-state index contributed by atoms with van der Waals surface area (Å²) in [4.78, 5) is 0. The highest BCUT2D eigenvalue weighted by molar-refractivity contribution is 6.33. The lowest BCUT2D eigenvalue weighted by molar-refractivity contribution is 0.415. The Labute approximate surface area is 147 Å². The van der Waals surface area contributed by atoms with E-state index in [2.05, 4.69) is 10.5 Å². The molecule has 0 fully saturated rings. The fourth-order valence-corrected chi connectivity index (χ4v) is 2.42. The molecule has 0 saturated heterocycles. The molecule has 1 aromatic heterocycles. The number of phenols is 1. The molecule has 3 aromatic rings. The van der Waals surface area contributed by atoms with Crippen LogP contribution in [0.5, 0.6) is 5.75 Å². The summed E-state index contributed by atoms with van der Waals surface area (Å²) < 4.78 is 18.8. The molecule has 0 bridgehead atoms. The van der Waals surface area contributed by atoms with E-state index in [1.807, 2.05) is 6.07 Å². The van der Waals surface area contributed by atoms with Crippen LogP contribution in [0.1, 0.15) is 11.3 Å². The average molecular weight is 356 g/mol. The van der Waals surface area contributed by atoms with Crippen LogP contribution in [-0.2, 0) is 0 Å². The van der Waals surface area contributed by atoms with E-state index in [0.29, 0.717) is 16.3 Å². The van der Waals surface area contributed by atoms with Gasteiger partial charge in [0.1, 0.15) is 28.9 Å². The van der Waals surface area contributed by atoms with Gasteiger partial charge in [-0.05, 0) is 18.2 Å². The number of aromatic nitrogens is 1. The Hall–Kier alpha value is -3.30. The van der Waals surface area contributed by atoms with Crippen LogP contribution in [0.4, 0.5) is 10.1 Å². The van der Waals surface area contributed by atoms with E-state index >= 15 is 0 Å². The number of benzene rings is 2. The lowest BCUT2D eigenvalue weighted by Gasteiger charge is -2.02. The fourth-order valence-electron chi connectivity index (χ4n) is 2.19. The van der Waals surface area contributed by atoms with Crippen molar-refractivity contribution in [2.24, 2.45) is 0 Å². The highest BCUT2D eigenvalue weighted by Crippen LogP contribution is 2.31. The number of aromatic hydroxyl groups is 1. The molecule has 2 N–H and O–H groups in total. The highest BCUT2D eigenvalue weighted by Gasteiger charge is 2.17. The van der Waals surface area contributed by atoms with Crippen molar-refractivity contribution in [2.75, 3.05) is 5.32 Å². The lowest BCUT2D eigenvalue weighted by Crippen LogP contribution is -1.91. The summed E-state index contributed by atoms with van der Waals surface area (Å²) >= 11 is 6.13. The molecular weight excluding hydrogens is 345 g/mol. The molecule has 7 heteroatoms.